The molecule has 0 unspecified atom stereocenters. The van der Waals surface area contributed by atoms with Gasteiger partial charge in [0.15, 0.2) is 17.5 Å². The largest absolute Gasteiger partial charge is 0.456 e. The Kier molecular flexibility index (Phi) is 6.18. The van der Waals surface area contributed by atoms with Gasteiger partial charge in [-0.25, -0.2) is 15.0 Å². The van der Waals surface area contributed by atoms with Gasteiger partial charge in [0.2, 0.25) is 0 Å². The van der Waals surface area contributed by atoms with E-state index < -0.39 is 0 Å². The zero-order valence-corrected chi connectivity index (χ0v) is 27.7. The third-order valence-electron chi connectivity index (χ3n) is 10.1. The summed E-state index contributed by atoms with van der Waals surface area (Å²) in [7, 11) is 0. The molecule has 11 rings (SSSR count). The Morgan fingerprint density at radius 3 is 1.87 bits per heavy atom. The van der Waals surface area contributed by atoms with Crippen LogP contribution in [0.5, 0.6) is 0 Å². The molecule has 0 saturated carbocycles. The van der Waals surface area contributed by atoms with Crippen LogP contribution in [0.2, 0.25) is 0 Å². The van der Waals surface area contributed by atoms with Gasteiger partial charge in [0, 0.05) is 43.8 Å². The van der Waals surface area contributed by atoms with Gasteiger partial charge in [0.05, 0.1) is 0 Å². The number of benzene rings is 8. The first kappa shape index (κ1) is 28.7. The van der Waals surface area contributed by atoms with Crippen LogP contribution in [0.4, 0.5) is 0 Å². The van der Waals surface area contributed by atoms with E-state index in [-0.39, 0.29) is 0 Å². The van der Waals surface area contributed by atoms with Crippen molar-refractivity contribution in [2.45, 2.75) is 0 Å². The fourth-order valence-electron chi connectivity index (χ4n) is 7.65. The summed E-state index contributed by atoms with van der Waals surface area (Å²) in [5, 5.41) is 8.66. The van der Waals surface area contributed by atoms with Crippen molar-refractivity contribution in [3.63, 3.8) is 0 Å². The number of nitrogens with zero attached hydrogens (tertiary/aromatic N) is 3. The monoisotopic (exact) mass is 665 g/mol. The van der Waals surface area contributed by atoms with Crippen LogP contribution in [0, 0.1) is 0 Å². The van der Waals surface area contributed by atoms with Gasteiger partial charge >= 0.3 is 0 Å². The zero-order chi connectivity index (χ0) is 34.2. The Balaban J connectivity index is 1.17. The Hall–Kier alpha value is -7.11. The Bertz CT molecular complexity index is 3190. The predicted molar refractivity (Wildman–Crippen MR) is 211 cm³/mol. The van der Waals surface area contributed by atoms with Crippen molar-refractivity contribution < 1.29 is 8.83 Å². The lowest BCUT2D eigenvalue weighted by Gasteiger charge is -2.10. The molecule has 5 nitrogen and oxygen atoms in total. The number of fused-ring (bicyclic) bond motifs is 8. The molecular formula is C47H27N3O2. The fraction of sp³-hybridized carbons (Fsp3) is 0. The van der Waals surface area contributed by atoms with E-state index in [9.17, 15) is 0 Å². The quantitative estimate of drug-likeness (QED) is 0.187. The van der Waals surface area contributed by atoms with Crippen LogP contribution < -0.4 is 0 Å². The molecule has 11 aromatic rings. The molecule has 0 fully saturated rings. The summed E-state index contributed by atoms with van der Waals surface area (Å²) in [6.45, 7) is 0. The molecule has 3 aromatic heterocycles. The molecule has 0 radical (unpaired) electrons. The van der Waals surface area contributed by atoms with Crippen LogP contribution in [0.3, 0.4) is 0 Å². The van der Waals surface area contributed by atoms with Crippen LogP contribution in [0.25, 0.3) is 111 Å². The van der Waals surface area contributed by atoms with Gasteiger partial charge in [-0.2, -0.15) is 0 Å². The SMILES string of the molecule is c1ccc(-c2c3ccccc3cc3c2oc2ccc(-c4nc(-c5ccc6ccccc6c5)nc(-c5cccc6oc7ccccc7c56)n4)cc23)cc1. The molecule has 0 atom stereocenters. The maximum Gasteiger partial charge on any atom is 0.164 e. The molecule has 0 amide bonds. The van der Waals surface area contributed by atoms with Crippen molar-refractivity contribution >= 4 is 65.4 Å². The molecular weight excluding hydrogens is 639 g/mol. The van der Waals surface area contributed by atoms with Crippen LogP contribution >= 0.6 is 0 Å². The van der Waals surface area contributed by atoms with E-state index in [0.717, 1.165) is 93.2 Å². The van der Waals surface area contributed by atoms with E-state index in [4.69, 9.17) is 23.8 Å². The molecule has 8 aromatic carbocycles. The van der Waals surface area contributed by atoms with Crippen LogP contribution in [0.1, 0.15) is 0 Å². The number of rotatable bonds is 4. The maximum absolute atomic E-state index is 6.68. The number of furan rings is 2. The van der Waals surface area contributed by atoms with E-state index in [1.165, 1.54) is 0 Å². The first-order valence-corrected chi connectivity index (χ1v) is 17.3. The summed E-state index contributed by atoms with van der Waals surface area (Å²) in [5.74, 6) is 1.77. The molecule has 52 heavy (non-hydrogen) atoms. The number of aromatic nitrogens is 3. The summed E-state index contributed by atoms with van der Waals surface area (Å²) < 4.78 is 12.9. The van der Waals surface area contributed by atoms with Crippen molar-refractivity contribution in [2.75, 3.05) is 0 Å². The van der Waals surface area contributed by atoms with E-state index in [1.807, 2.05) is 48.5 Å². The van der Waals surface area contributed by atoms with Crippen LogP contribution in [0.15, 0.2) is 173 Å². The highest BCUT2D eigenvalue weighted by molar-refractivity contribution is 6.19. The van der Waals surface area contributed by atoms with E-state index in [1.54, 1.807) is 0 Å². The zero-order valence-electron chi connectivity index (χ0n) is 27.7. The highest BCUT2D eigenvalue weighted by Gasteiger charge is 2.20. The average molecular weight is 666 g/mol. The molecule has 0 aliphatic heterocycles. The van der Waals surface area contributed by atoms with E-state index in [0.29, 0.717) is 17.5 Å². The molecule has 0 saturated heterocycles. The van der Waals surface area contributed by atoms with Gasteiger partial charge in [-0.3, -0.25) is 0 Å². The van der Waals surface area contributed by atoms with Gasteiger partial charge in [-0.1, -0.05) is 121 Å². The van der Waals surface area contributed by atoms with Gasteiger partial charge in [-0.15, -0.1) is 0 Å². The summed E-state index contributed by atoms with van der Waals surface area (Å²) >= 11 is 0. The van der Waals surface area contributed by atoms with Crippen molar-refractivity contribution in [3.8, 4) is 45.3 Å². The summed E-state index contributed by atoms with van der Waals surface area (Å²) in [4.78, 5) is 15.5. The van der Waals surface area contributed by atoms with Crippen molar-refractivity contribution in [1.82, 2.24) is 15.0 Å². The second-order valence-corrected chi connectivity index (χ2v) is 13.2. The van der Waals surface area contributed by atoms with Crippen molar-refractivity contribution in [3.05, 3.63) is 164 Å². The first-order valence-electron chi connectivity index (χ1n) is 17.3. The second-order valence-electron chi connectivity index (χ2n) is 13.2. The minimum Gasteiger partial charge on any atom is -0.456 e. The lowest BCUT2D eigenvalue weighted by molar-refractivity contribution is 0.669. The minimum atomic E-state index is 0.582. The summed E-state index contributed by atoms with van der Waals surface area (Å²) in [5.41, 5.74) is 8.19. The maximum atomic E-state index is 6.68. The van der Waals surface area contributed by atoms with Gasteiger partial charge in [0.25, 0.3) is 0 Å². The van der Waals surface area contributed by atoms with Gasteiger partial charge in [0.1, 0.15) is 22.3 Å². The third kappa shape index (κ3) is 4.46. The smallest absolute Gasteiger partial charge is 0.164 e. The van der Waals surface area contributed by atoms with Gasteiger partial charge in [-0.05, 0) is 69.6 Å². The summed E-state index contributed by atoms with van der Waals surface area (Å²) in [6.07, 6.45) is 0. The molecule has 0 spiro atoms. The lowest BCUT2D eigenvalue weighted by atomic mass is 9.95. The Labute approximate surface area is 297 Å². The molecule has 0 N–H and O–H groups in total. The predicted octanol–water partition coefficient (Wildman–Crippen LogP) is 12.6. The standard InChI is InChI=1S/C47H27N3O2/c1-2-12-29(13-3-1)42-34-16-7-6-15-31(34)26-38-37-27-33(23-24-40(37)52-44(38)42)46-48-45(32-22-21-28-11-4-5-14-30(28)25-32)49-47(50-46)36-18-10-20-41-43(36)35-17-8-9-19-39(35)51-41/h1-27H. The van der Waals surface area contributed by atoms with Crippen molar-refractivity contribution in [2.24, 2.45) is 0 Å². The van der Waals surface area contributed by atoms with Gasteiger partial charge < -0.3 is 8.83 Å². The second kappa shape index (κ2) is 11.2. The molecule has 0 aliphatic carbocycles. The molecule has 3 heterocycles. The summed E-state index contributed by atoms with van der Waals surface area (Å²) in [6, 6.07) is 56.3. The topological polar surface area (TPSA) is 65.0 Å². The Morgan fingerprint density at radius 1 is 0.346 bits per heavy atom. The van der Waals surface area contributed by atoms with Crippen LogP contribution in [-0.4, -0.2) is 15.0 Å². The van der Waals surface area contributed by atoms with Crippen LogP contribution in [-0.2, 0) is 0 Å². The number of hydrogen-bond acceptors (Lipinski definition) is 5. The normalized spacial score (nSPS) is 11.8. The third-order valence-corrected chi connectivity index (χ3v) is 10.1. The van der Waals surface area contributed by atoms with E-state index in [2.05, 4.69) is 115 Å². The first-order chi connectivity index (χ1) is 25.7. The molecule has 5 heteroatoms. The number of hydrogen-bond donors (Lipinski definition) is 0. The minimum absolute atomic E-state index is 0.582. The average Bonchev–Trinajstić information content (AvgIpc) is 3.78. The highest BCUT2D eigenvalue weighted by Crippen LogP contribution is 2.42. The highest BCUT2D eigenvalue weighted by atomic mass is 16.3. The molecule has 242 valence electrons. The van der Waals surface area contributed by atoms with E-state index >= 15 is 0 Å². The molecule has 0 aliphatic rings. The Morgan fingerprint density at radius 2 is 1.00 bits per heavy atom. The lowest BCUT2D eigenvalue weighted by Crippen LogP contribution is -2.00. The molecule has 0 bridgehead atoms. The van der Waals surface area contributed by atoms with Crippen molar-refractivity contribution in [1.29, 1.82) is 0 Å². The number of para-hydroxylation sites is 1. The fourth-order valence-corrected chi connectivity index (χ4v) is 7.65.